The third-order valence-electron chi connectivity index (χ3n) is 5.12. The van der Waals surface area contributed by atoms with Crippen molar-refractivity contribution in [3.8, 4) is 0 Å². The van der Waals surface area contributed by atoms with Gasteiger partial charge in [0.15, 0.2) is 0 Å². The number of hydrogen-bond donors (Lipinski definition) is 1. The second-order valence-electron chi connectivity index (χ2n) is 6.41. The molecule has 0 unspecified atom stereocenters. The number of aromatic amines is 1. The van der Waals surface area contributed by atoms with Gasteiger partial charge in [-0.2, -0.15) is 0 Å². The molecule has 2 fully saturated rings. The normalized spacial score (nSPS) is 22.9. The Bertz CT molecular complexity index is 612. The van der Waals surface area contributed by atoms with E-state index in [4.69, 9.17) is 0 Å². The summed E-state index contributed by atoms with van der Waals surface area (Å²) in [5.41, 5.74) is 1.46. The molecule has 0 saturated carbocycles. The maximum Gasteiger partial charge on any atom is 0.142 e. The minimum atomic E-state index is 0.514. The Labute approximate surface area is 119 Å². The van der Waals surface area contributed by atoms with Gasteiger partial charge in [-0.3, -0.25) is 0 Å². The summed E-state index contributed by atoms with van der Waals surface area (Å²) in [5.74, 6) is 1.10. The van der Waals surface area contributed by atoms with Gasteiger partial charge < -0.3 is 14.8 Å². The number of nitrogens with one attached hydrogen (secondary N) is 1. The number of nitrogens with zero attached hydrogens (tertiary/aromatic N) is 4. The molecule has 2 saturated heterocycles. The molecule has 2 aliphatic heterocycles. The molecule has 0 bridgehead atoms. The van der Waals surface area contributed by atoms with Crippen molar-refractivity contribution >= 4 is 16.9 Å². The summed E-state index contributed by atoms with van der Waals surface area (Å²) < 4.78 is 0. The number of aromatic nitrogens is 3. The second-order valence-corrected chi connectivity index (χ2v) is 6.41. The number of piperidine rings is 1. The third-order valence-corrected chi connectivity index (χ3v) is 5.12. The van der Waals surface area contributed by atoms with Gasteiger partial charge in [-0.15, -0.1) is 0 Å². The highest BCUT2D eigenvalue weighted by atomic mass is 15.2. The van der Waals surface area contributed by atoms with Crippen LogP contribution in [0.1, 0.15) is 19.3 Å². The molecule has 1 N–H and O–H groups in total. The number of anilines is 1. The Morgan fingerprint density at radius 2 is 1.95 bits per heavy atom. The molecule has 5 heteroatoms. The van der Waals surface area contributed by atoms with Crippen LogP contribution in [0.15, 0.2) is 18.6 Å². The molecule has 0 aliphatic carbocycles. The minimum Gasteiger partial charge on any atom is -0.355 e. The van der Waals surface area contributed by atoms with Gasteiger partial charge in [0, 0.05) is 19.3 Å². The lowest BCUT2D eigenvalue weighted by molar-refractivity contribution is 0.142. The molecule has 20 heavy (non-hydrogen) atoms. The first-order valence-corrected chi connectivity index (χ1v) is 7.47. The van der Waals surface area contributed by atoms with Crippen molar-refractivity contribution in [1.82, 2.24) is 19.9 Å². The second kappa shape index (κ2) is 4.45. The Kier molecular flexibility index (Phi) is 2.70. The predicted molar refractivity (Wildman–Crippen MR) is 79.9 cm³/mol. The van der Waals surface area contributed by atoms with Crippen LogP contribution in [0.5, 0.6) is 0 Å². The first-order valence-electron chi connectivity index (χ1n) is 7.47. The topological polar surface area (TPSA) is 48.1 Å². The van der Waals surface area contributed by atoms with E-state index in [-0.39, 0.29) is 0 Å². The lowest BCUT2D eigenvalue weighted by Gasteiger charge is -2.37. The first kappa shape index (κ1) is 12.1. The van der Waals surface area contributed by atoms with Gasteiger partial charge in [0.1, 0.15) is 17.8 Å². The quantitative estimate of drug-likeness (QED) is 0.860. The fourth-order valence-corrected chi connectivity index (χ4v) is 3.73. The van der Waals surface area contributed by atoms with Crippen molar-refractivity contribution in [3.63, 3.8) is 0 Å². The Morgan fingerprint density at radius 3 is 2.80 bits per heavy atom. The standard InChI is InChI=1S/C15H21N5/c1-19-7-3-15(4-8-19)5-9-20(10-15)14-12-2-6-16-13(12)17-11-18-14/h2,6,11H,3-5,7-10H2,1H3,(H,16,17,18). The highest BCUT2D eigenvalue weighted by molar-refractivity contribution is 5.87. The smallest absolute Gasteiger partial charge is 0.142 e. The number of fused-ring (bicyclic) bond motifs is 1. The molecule has 106 valence electrons. The van der Waals surface area contributed by atoms with Crippen LogP contribution in [0, 0.1) is 5.41 Å². The van der Waals surface area contributed by atoms with Crippen molar-refractivity contribution in [2.24, 2.45) is 5.41 Å². The highest BCUT2D eigenvalue weighted by Gasteiger charge is 2.40. The summed E-state index contributed by atoms with van der Waals surface area (Å²) in [7, 11) is 2.23. The Hall–Kier alpha value is -1.62. The van der Waals surface area contributed by atoms with E-state index in [1.54, 1.807) is 6.33 Å². The number of H-pyrrole nitrogens is 1. The molecule has 0 aromatic carbocycles. The van der Waals surface area contributed by atoms with Gasteiger partial charge in [-0.05, 0) is 50.9 Å². The summed E-state index contributed by atoms with van der Waals surface area (Å²) in [6.07, 6.45) is 7.57. The van der Waals surface area contributed by atoms with Crippen molar-refractivity contribution in [3.05, 3.63) is 18.6 Å². The molecule has 0 atom stereocenters. The zero-order valence-corrected chi connectivity index (χ0v) is 12.0. The summed E-state index contributed by atoms with van der Waals surface area (Å²) in [5, 5.41) is 1.15. The van der Waals surface area contributed by atoms with Crippen molar-refractivity contribution < 1.29 is 0 Å². The van der Waals surface area contributed by atoms with Gasteiger partial charge in [-0.25, -0.2) is 9.97 Å². The van der Waals surface area contributed by atoms with Crippen molar-refractivity contribution in [1.29, 1.82) is 0 Å². The lowest BCUT2D eigenvalue weighted by atomic mass is 9.78. The van der Waals surface area contributed by atoms with Gasteiger partial charge in [0.25, 0.3) is 0 Å². The van der Waals surface area contributed by atoms with Crippen LogP contribution in [-0.2, 0) is 0 Å². The molecule has 4 rings (SSSR count). The van der Waals surface area contributed by atoms with Gasteiger partial charge in [-0.1, -0.05) is 0 Å². The average molecular weight is 271 g/mol. The van der Waals surface area contributed by atoms with Crippen LogP contribution in [0.3, 0.4) is 0 Å². The highest BCUT2D eigenvalue weighted by Crippen LogP contribution is 2.42. The summed E-state index contributed by atoms with van der Waals surface area (Å²) in [4.78, 5) is 16.9. The van der Waals surface area contributed by atoms with E-state index in [1.807, 2.05) is 6.20 Å². The van der Waals surface area contributed by atoms with E-state index in [2.05, 4.69) is 37.9 Å². The Balaban J connectivity index is 1.60. The monoisotopic (exact) mass is 271 g/mol. The van der Waals surface area contributed by atoms with Crippen LogP contribution in [0.4, 0.5) is 5.82 Å². The van der Waals surface area contributed by atoms with Crippen LogP contribution in [-0.4, -0.2) is 53.1 Å². The van der Waals surface area contributed by atoms with Crippen molar-refractivity contribution in [2.45, 2.75) is 19.3 Å². The van der Waals surface area contributed by atoms with Gasteiger partial charge in [0.2, 0.25) is 0 Å². The third kappa shape index (κ3) is 1.88. The molecule has 4 heterocycles. The Morgan fingerprint density at radius 1 is 1.15 bits per heavy atom. The maximum absolute atomic E-state index is 4.54. The molecule has 2 aromatic rings. The first-order chi connectivity index (χ1) is 9.76. The minimum absolute atomic E-state index is 0.514. The SMILES string of the molecule is CN1CCC2(CC1)CCN(c1ncnc3[nH]ccc13)C2. The van der Waals surface area contributed by atoms with E-state index < -0.39 is 0 Å². The van der Waals surface area contributed by atoms with E-state index in [0.717, 1.165) is 29.9 Å². The molecule has 0 radical (unpaired) electrons. The molecular weight excluding hydrogens is 250 g/mol. The zero-order chi connectivity index (χ0) is 13.6. The molecule has 1 spiro atoms. The zero-order valence-electron chi connectivity index (χ0n) is 12.0. The summed E-state index contributed by atoms with van der Waals surface area (Å²) in [6, 6.07) is 2.09. The molecule has 0 amide bonds. The maximum atomic E-state index is 4.54. The van der Waals surface area contributed by atoms with Crippen LogP contribution < -0.4 is 4.90 Å². The van der Waals surface area contributed by atoms with E-state index >= 15 is 0 Å². The van der Waals surface area contributed by atoms with Gasteiger partial charge in [0.05, 0.1) is 5.39 Å². The van der Waals surface area contributed by atoms with Crippen LogP contribution in [0.25, 0.3) is 11.0 Å². The fraction of sp³-hybridized carbons (Fsp3) is 0.600. The predicted octanol–water partition coefficient (Wildman–Crippen LogP) is 1.88. The fourth-order valence-electron chi connectivity index (χ4n) is 3.73. The van der Waals surface area contributed by atoms with E-state index in [1.165, 1.54) is 32.4 Å². The number of likely N-dealkylation sites (tertiary alicyclic amines) is 1. The molecule has 5 nitrogen and oxygen atoms in total. The summed E-state index contributed by atoms with van der Waals surface area (Å²) >= 11 is 0. The lowest BCUT2D eigenvalue weighted by Crippen LogP contribution is -2.39. The van der Waals surface area contributed by atoms with Gasteiger partial charge >= 0.3 is 0 Å². The number of hydrogen-bond acceptors (Lipinski definition) is 4. The average Bonchev–Trinajstić information content (AvgIpc) is 3.09. The molecule has 2 aromatic heterocycles. The largest absolute Gasteiger partial charge is 0.355 e. The molecular formula is C15H21N5. The van der Waals surface area contributed by atoms with E-state index in [9.17, 15) is 0 Å². The molecule has 2 aliphatic rings. The van der Waals surface area contributed by atoms with Crippen LogP contribution >= 0.6 is 0 Å². The summed E-state index contributed by atoms with van der Waals surface area (Å²) in [6.45, 7) is 4.74. The van der Waals surface area contributed by atoms with E-state index in [0.29, 0.717) is 5.41 Å². The van der Waals surface area contributed by atoms with Crippen LogP contribution in [0.2, 0.25) is 0 Å². The van der Waals surface area contributed by atoms with Crippen molar-refractivity contribution in [2.75, 3.05) is 38.1 Å². The number of rotatable bonds is 1.